The second kappa shape index (κ2) is 3.91. The van der Waals surface area contributed by atoms with Gasteiger partial charge in [-0.15, -0.1) is 6.58 Å². The molecule has 0 radical (unpaired) electrons. The molecule has 0 spiro atoms. The highest BCUT2D eigenvalue weighted by atomic mass is 15.3. The van der Waals surface area contributed by atoms with E-state index in [0.717, 1.165) is 13.0 Å². The molecule has 3 nitrogen and oxygen atoms in total. The molecule has 0 bridgehead atoms. The lowest BCUT2D eigenvalue weighted by molar-refractivity contribution is 0.478. The molecule has 1 aromatic rings. The van der Waals surface area contributed by atoms with Gasteiger partial charge in [-0.05, 0) is 12.3 Å². The van der Waals surface area contributed by atoms with Crippen molar-refractivity contribution in [1.29, 1.82) is 0 Å². The van der Waals surface area contributed by atoms with E-state index in [0.29, 0.717) is 5.92 Å². The number of hydrogen-bond acceptors (Lipinski definition) is 2. The lowest BCUT2D eigenvalue weighted by Crippen LogP contribution is -2.07. The maximum absolute atomic E-state index is 4.01. The molecule has 60 valence electrons. The van der Waals surface area contributed by atoms with Crippen molar-refractivity contribution in [2.24, 2.45) is 5.92 Å². The molecule has 0 saturated heterocycles. The van der Waals surface area contributed by atoms with Crippen LogP contribution in [0.2, 0.25) is 0 Å². The molecule has 1 heterocycles. The molecular formula is C8H13N3. The van der Waals surface area contributed by atoms with Crippen molar-refractivity contribution >= 4 is 0 Å². The van der Waals surface area contributed by atoms with Crippen molar-refractivity contribution in [3.63, 3.8) is 0 Å². The van der Waals surface area contributed by atoms with E-state index in [-0.39, 0.29) is 0 Å². The van der Waals surface area contributed by atoms with Gasteiger partial charge in [-0.1, -0.05) is 13.0 Å². The first-order valence-corrected chi connectivity index (χ1v) is 3.81. The molecule has 1 atom stereocenters. The zero-order valence-corrected chi connectivity index (χ0v) is 6.77. The van der Waals surface area contributed by atoms with Gasteiger partial charge >= 0.3 is 0 Å². The molecule has 0 aromatic carbocycles. The van der Waals surface area contributed by atoms with Gasteiger partial charge in [0.15, 0.2) is 0 Å². The lowest BCUT2D eigenvalue weighted by Gasteiger charge is -2.07. The Kier molecular flexibility index (Phi) is 2.83. The molecule has 11 heavy (non-hydrogen) atoms. The Hall–Kier alpha value is -1.12. The molecule has 3 heteroatoms. The van der Waals surface area contributed by atoms with Gasteiger partial charge in [0.25, 0.3) is 0 Å². The van der Waals surface area contributed by atoms with Crippen LogP contribution in [0.15, 0.2) is 25.3 Å². The summed E-state index contributed by atoms with van der Waals surface area (Å²) in [5, 5.41) is 4.01. The van der Waals surface area contributed by atoms with E-state index in [1.54, 1.807) is 12.7 Å². The Balaban J connectivity index is 2.47. The maximum atomic E-state index is 4.01. The van der Waals surface area contributed by atoms with E-state index >= 15 is 0 Å². The fourth-order valence-corrected chi connectivity index (χ4v) is 0.938. The van der Waals surface area contributed by atoms with Gasteiger partial charge in [-0.3, -0.25) is 4.68 Å². The minimum atomic E-state index is 0.511. The highest BCUT2D eigenvalue weighted by Gasteiger charge is 2.01. The van der Waals surface area contributed by atoms with Crippen LogP contribution < -0.4 is 0 Å². The van der Waals surface area contributed by atoms with E-state index in [1.165, 1.54) is 0 Å². The van der Waals surface area contributed by atoms with Crippen LogP contribution in [0.25, 0.3) is 0 Å². The topological polar surface area (TPSA) is 30.7 Å². The molecule has 1 unspecified atom stereocenters. The molecule has 0 aliphatic carbocycles. The Labute approximate surface area is 66.8 Å². The third kappa shape index (κ3) is 2.18. The van der Waals surface area contributed by atoms with Gasteiger partial charge in [0.1, 0.15) is 12.7 Å². The van der Waals surface area contributed by atoms with Gasteiger partial charge in [0.05, 0.1) is 0 Å². The summed E-state index contributed by atoms with van der Waals surface area (Å²) in [7, 11) is 0. The van der Waals surface area contributed by atoms with E-state index in [2.05, 4.69) is 23.6 Å². The van der Waals surface area contributed by atoms with Crippen LogP contribution in [-0.4, -0.2) is 14.8 Å². The van der Waals surface area contributed by atoms with Crippen molar-refractivity contribution in [3.05, 3.63) is 25.3 Å². The molecule has 0 N–H and O–H groups in total. The summed E-state index contributed by atoms with van der Waals surface area (Å²) in [5.41, 5.74) is 0. The molecule has 0 fully saturated rings. The minimum Gasteiger partial charge on any atom is -0.252 e. The van der Waals surface area contributed by atoms with Gasteiger partial charge in [0, 0.05) is 6.54 Å². The molecule has 0 aliphatic rings. The average molecular weight is 151 g/mol. The van der Waals surface area contributed by atoms with Crippen molar-refractivity contribution < 1.29 is 0 Å². The lowest BCUT2D eigenvalue weighted by atomic mass is 10.1. The SMILES string of the molecule is C=CC(CC)Cn1cncn1. The summed E-state index contributed by atoms with van der Waals surface area (Å²) in [4.78, 5) is 3.86. The van der Waals surface area contributed by atoms with Gasteiger partial charge in [0.2, 0.25) is 0 Å². The Morgan fingerprint density at radius 3 is 3.00 bits per heavy atom. The highest BCUT2D eigenvalue weighted by molar-refractivity contribution is 4.77. The van der Waals surface area contributed by atoms with Crippen LogP contribution >= 0.6 is 0 Å². The molecule has 0 amide bonds. The number of aromatic nitrogens is 3. The van der Waals surface area contributed by atoms with Crippen molar-refractivity contribution in [3.8, 4) is 0 Å². The van der Waals surface area contributed by atoms with Gasteiger partial charge in [-0.2, -0.15) is 5.10 Å². The molecular weight excluding hydrogens is 138 g/mol. The smallest absolute Gasteiger partial charge is 0.137 e. The fraction of sp³-hybridized carbons (Fsp3) is 0.500. The maximum Gasteiger partial charge on any atom is 0.137 e. The largest absolute Gasteiger partial charge is 0.252 e. The van der Waals surface area contributed by atoms with Gasteiger partial charge in [-0.25, -0.2) is 4.98 Å². The summed E-state index contributed by atoms with van der Waals surface area (Å²) >= 11 is 0. The van der Waals surface area contributed by atoms with E-state index < -0.39 is 0 Å². The first-order chi connectivity index (χ1) is 5.36. The van der Waals surface area contributed by atoms with E-state index in [4.69, 9.17) is 0 Å². The number of nitrogens with zero attached hydrogens (tertiary/aromatic N) is 3. The standard InChI is InChI=1S/C8H13N3/c1-3-8(4-2)5-11-7-9-6-10-11/h3,6-8H,1,4-5H2,2H3. The van der Waals surface area contributed by atoms with Crippen LogP contribution in [0.4, 0.5) is 0 Å². The summed E-state index contributed by atoms with van der Waals surface area (Å²) in [6, 6.07) is 0. The Bertz CT molecular complexity index is 203. The molecule has 1 rings (SSSR count). The van der Waals surface area contributed by atoms with Crippen molar-refractivity contribution in [2.75, 3.05) is 0 Å². The summed E-state index contributed by atoms with van der Waals surface area (Å²) in [6.07, 6.45) is 6.34. The van der Waals surface area contributed by atoms with E-state index in [9.17, 15) is 0 Å². The molecule has 0 aliphatic heterocycles. The molecule has 0 saturated carbocycles. The second-order valence-corrected chi connectivity index (χ2v) is 2.52. The number of allylic oxidation sites excluding steroid dienone is 1. The summed E-state index contributed by atoms with van der Waals surface area (Å²) < 4.78 is 1.83. The van der Waals surface area contributed by atoms with Crippen LogP contribution in [0.1, 0.15) is 13.3 Å². The third-order valence-corrected chi connectivity index (χ3v) is 1.75. The first kappa shape index (κ1) is 7.98. The quantitative estimate of drug-likeness (QED) is 0.610. The zero-order valence-electron chi connectivity index (χ0n) is 6.77. The van der Waals surface area contributed by atoms with Gasteiger partial charge < -0.3 is 0 Å². The first-order valence-electron chi connectivity index (χ1n) is 3.81. The molecule has 1 aromatic heterocycles. The predicted octanol–water partition coefficient (Wildman–Crippen LogP) is 1.49. The number of rotatable bonds is 4. The van der Waals surface area contributed by atoms with Crippen LogP contribution in [0.5, 0.6) is 0 Å². The third-order valence-electron chi connectivity index (χ3n) is 1.75. The van der Waals surface area contributed by atoms with Crippen molar-refractivity contribution in [2.45, 2.75) is 19.9 Å². The highest BCUT2D eigenvalue weighted by Crippen LogP contribution is 2.05. The van der Waals surface area contributed by atoms with Crippen LogP contribution in [0, 0.1) is 5.92 Å². The van der Waals surface area contributed by atoms with Crippen molar-refractivity contribution in [1.82, 2.24) is 14.8 Å². The second-order valence-electron chi connectivity index (χ2n) is 2.52. The minimum absolute atomic E-state index is 0.511. The number of hydrogen-bond donors (Lipinski definition) is 0. The summed E-state index contributed by atoms with van der Waals surface area (Å²) in [5.74, 6) is 0.511. The summed E-state index contributed by atoms with van der Waals surface area (Å²) in [6.45, 7) is 6.78. The van der Waals surface area contributed by atoms with E-state index in [1.807, 2.05) is 10.8 Å². The van der Waals surface area contributed by atoms with Crippen LogP contribution in [0.3, 0.4) is 0 Å². The average Bonchev–Trinajstić information content (AvgIpc) is 2.52. The Morgan fingerprint density at radius 2 is 2.55 bits per heavy atom. The normalized spacial score (nSPS) is 12.8. The monoisotopic (exact) mass is 151 g/mol. The fourth-order valence-electron chi connectivity index (χ4n) is 0.938. The predicted molar refractivity (Wildman–Crippen MR) is 44.0 cm³/mol. The Morgan fingerprint density at radius 1 is 1.73 bits per heavy atom. The van der Waals surface area contributed by atoms with Crippen LogP contribution in [-0.2, 0) is 6.54 Å². The zero-order chi connectivity index (χ0) is 8.10.